The van der Waals surface area contributed by atoms with Gasteiger partial charge in [0.05, 0.1) is 5.54 Å². The first-order valence-corrected chi connectivity index (χ1v) is 8.79. The molecule has 0 aliphatic carbocycles. The summed E-state index contributed by atoms with van der Waals surface area (Å²) in [5.41, 5.74) is 0.924. The van der Waals surface area contributed by atoms with E-state index in [4.69, 9.17) is 4.74 Å². The maximum atomic E-state index is 12.5. The van der Waals surface area contributed by atoms with Crippen LogP contribution < -0.4 is 5.32 Å². The Morgan fingerprint density at radius 1 is 1.29 bits per heavy atom. The molecule has 24 heavy (non-hydrogen) atoms. The highest BCUT2D eigenvalue weighted by molar-refractivity contribution is 5.83. The summed E-state index contributed by atoms with van der Waals surface area (Å²) in [5, 5.41) is 3.22. The van der Waals surface area contributed by atoms with E-state index >= 15 is 0 Å². The van der Waals surface area contributed by atoms with E-state index < -0.39 is 0 Å². The molecule has 2 amide bonds. The van der Waals surface area contributed by atoms with Gasteiger partial charge in [-0.2, -0.15) is 0 Å². The quantitative estimate of drug-likeness (QED) is 0.886. The fourth-order valence-electron chi connectivity index (χ4n) is 4.40. The van der Waals surface area contributed by atoms with Crippen molar-refractivity contribution in [2.24, 2.45) is 0 Å². The van der Waals surface area contributed by atoms with Gasteiger partial charge in [0, 0.05) is 44.4 Å². The van der Waals surface area contributed by atoms with E-state index in [2.05, 4.69) is 10.3 Å². The molecule has 128 valence electrons. The molecule has 0 bridgehead atoms. The summed E-state index contributed by atoms with van der Waals surface area (Å²) in [6.45, 7) is 2.05. The van der Waals surface area contributed by atoms with Crippen LogP contribution in [0.4, 0.5) is 0 Å². The third-order valence-corrected chi connectivity index (χ3v) is 5.73. The van der Waals surface area contributed by atoms with Gasteiger partial charge < -0.3 is 15.0 Å². The Morgan fingerprint density at radius 3 is 2.71 bits per heavy atom. The van der Waals surface area contributed by atoms with Crippen molar-refractivity contribution in [3.05, 3.63) is 30.1 Å². The van der Waals surface area contributed by atoms with Gasteiger partial charge in [-0.1, -0.05) is 0 Å². The van der Waals surface area contributed by atoms with E-state index in [0.29, 0.717) is 26.1 Å². The molecule has 1 spiro atoms. The lowest BCUT2D eigenvalue weighted by Gasteiger charge is -2.43. The SMILES string of the molecule is O=C1CC(c2ccncc2)C2(CCN(C(=O)[C@@H]3CCCO3)CC2)N1. The minimum atomic E-state index is -0.256. The molecule has 0 saturated carbocycles. The van der Waals surface area contributed by atoms with Crippen molar-refractivity contribution in [2.75, 3.05) is 19.7 Å². The fourth-order valence-corrected chi connectivity index (χ4v) is 4.40. The van der Waals surface area contributed by atoms with Gasteiger partial charge in [-0.3, -0.25) is 14.6 Å². The van der Waals surface area contributed by atoms with Crippen LogP contribution in [0, 0.1) is 0 Å². The summed E-state index contributed by atoms with van der Waals surface area (Å²) >= 11 is 0. The van der Waals surface area contributed by atoms with Gasteiger partial charge in [0.15, 0.2) is 0 Å². The molecule has 3 saturated heterocycles. The number of hydrogen-bond acceptors (Lipinski definition) is 4. The second kappa shape index (κ2) is 6.16. The lowest BCUT2D eigenvalue weighted by atomic mass is 9.74. The van der Waals surface area contributed by atoms with Gasteiger partial charge in [-0.05, 0) is 43.4 Å². The number of piperidine rings is 1. The third kappa shape index (κ3) is 2.69. The zero-order valence-corrected chi connectivity index (χ0v) is 13.7. The van der Waals surface area contributed by atoms with Crippen molar-refractivity contribution in [1.29, 1.82) is 0 Å². The first kappa shape index (κ1) is 15.6. The van der Waals surface area contributed by atoms with Crippen LogP contribution in [0.3, 0.4) is 0 Å². The monoisotopic (exact) mass is 329 g/mol. The van der Waals surface area contributed by atoms with Crippen molar-refractivity contribution >= 4 is 11.8 Å². The average molecular weight is 329 g/mol. The Kier molecular flexibility index (Phi) is 4.00. The van der Waals surface area contributed by atoms with E-state index in [1.165, 1.54) is 0 Å². The number of likely N-dealkylation sites (tertiary alicyclic amines) is 1. The molecule has 4 rings (SSSR count). The summed E-state index contributed by atoms with van der Waals surface area (Å²) in [6.07, 6.45) is 7.21. The zero-order valence-electron chi connectivity index (χ0n) is 13.7. The number of rotatable bonds is 2. The number of amides is 2. The number of aromatic nitrogens is 1. The molecular formula is C18H23N3O3. The van der Waals surface area contributed by atoms with Crippen LogP contribution in [-0.2, 0) is 14.3 Å². The Morgan fingerprint density at radius 2 is 2.04 bits per heavy atom. The molecule has 3 fully saturated rings. The van der Waals surface area contributed by atoms with Gasteiger partial charge in [-0.25, -0.2) is 0 Å². The summed E-state index contributed by atoms with van der Waals surface area (Å²) in [7, 11) is 0. The van der Waals surface area contributed by atoms with Gasteiger partial charge in [-0.15, -0.1) is 0 Å². The maximum absolute atomic E-state index is 12.5. The number of hydrogen-bond donors (Lipinski definition) is 1. The molecule has 0 radical (unpaired) electrons. The van der Waals surface area contributed by atoms with E-state index in [1.807, 2.05) is 17.0 Å². The molecule has 3 aliphatic rings. The van der Waals surface area contributed by atoms with Crippen LogP contribution in [0.1, 0.15) is 43.6 Å². The Labute approximate surface area is 141 Å². The predicted molar refractivity (Wildman–Crippen MR) is 87.3 cm³/mol. The van der Waals surface area contributed by atoms with Crippen LogP contribution in [-0.4, -0.2) is 53.0 Å². The molecule has 3 aliphatic heterocycles. The lowest BCUT2D eigenvalue weighted by Crippen LogP contribution is -2.55. The molecule has 1 N–H and O–H groups in total. The normalized spacial score (nSPS) is 29.0. The Hall–Kier alpha value is -1.95. The molecular weight excluding hydrogens is 306 g/mol. The second-order valence-electron chi connectivity index (χ2n) is 7.07. The molecule has 4 heterocycles. The zero-order chi connectivity index (χ0) is 16.6. The number of nitrogens with zero attached hydrogens (tertiary/aromatic N) is 2. The van der Waals surface area contributed by atoms with Crippen molar-refractivity contribution in [3.63, 3.8) is 0 Å². The van der Waals surface area contributed by atoms with E-state index in [9.17, 15) is 9.59 Å². The largest absolute Gasteiger partial charge is 0.368 e. The number of carbonyl (C=O) groups is 2. The molecule has 6 nitrogen and oxygen atoms in total. The fraction of sp³-hybridized carbons (Fsp3) is 0.611. The highest BCUT2D eigenvalue weighted by Gasteiger charge is 2.49. The maximum Gasteiger partial charge on any atom is 0.251 e. The molecule has 1 aromatic rings. The minimum absolute atomic E-state index is 0.107. The van der Waals surface area contributed by atoms with E-state index in [1.54, 1.807) is 12.4 Å². The van der Waals surface area contributed by atoms with Crippen LogP contribution in [0.15, 0.2) is 24.5 Å². The predicted octanol–water partition coefficient (Wildman–Crippen LogP) is 1.23. The standard InChI is InChI=1S/C18H23N3O3/c22-16-12-14(13-3-7-19-8-4-13)18(20-16)5-9-21(10-6-18)17(23)15-2-1-11-24-15/h3-4,7-8,14-15H,1-2,5-6,9-12H2,(H,20,22)/t14?,15-/m0/s1. The van der Waals surface area contributed by atoms with E-state index in [-0.39, 0.29) is 29.4 Å². The molecule has 1 aromatic heterocycles. The Bertz CT molecular complexity index is 620. The average Bonchev–Trinajstić information content (AvgIpc) is 3.24. The first-order valence-electron chi connectivity index (χ1n) is 8.79. The topological polar surface area (TPSA) is 71.5 Å². The molecule has 6 heteroatoms. The number of nitrogens with one attached hydrogen (secondary N) is 1. The van der Waals surface area contributed by atoms with Crippen molar-refractivity contribution in [1.82, 2.24) is 15.2 Å². The summed E-state index contributed by atoms with van der Waals surface area (Å²) in [5.74, 6) is 0.385. The van der Waals surface area contributed by atoms with Gasteiger partial charge >= 0.3 is 0 Å². The second-order valence-corrected chi connectivity index (χ2v) is 7.07. The third-order valence-electron chi connectivity index (χ3n) is 5.73. The van der Waals surface area contributed by atoms with Crippen LogP contribution in [0.25, 0.3) is 0 Å². The highest BCUT2D eigenvalue weighted by atomic mass is 16.5. The van der Waals surface area contributed by atoms with Crippen LogP contribution in [0.5, 0.6) is 0 Å². The summed E-state index contributed by atoms with van der Waals surface area (Å²) in [4.78, 5) is 30.6. The van der Waals surface area contributed by atoms with Crippen LogP contribution in [0.2, 0.25) is 0 Å². The lowest BCUT2D eigenvalue weighted by molar-refractivity contribution is -0.142. The van der Waals surface area contributed by atoms with Gasteiger partial charge in [0.25, 0.3) is 5.91 Å². The van der Waals surface area contributed by atoms with Crippen molar-refractivity contribution in [3.8, 4) is 0 Å². The number of carbonyl (C=O) groups excluding carboxylic acids is 2. The molecule has 2 atom stereocenters. The van der Waals surface area contributed by atoms with Gasteiger partial charge in [0.1, 0.15) is 6.10 Å². The summed E-state index contributed by atoms with van der Waals surface area (Å²) in [6, 6.07) is 3.99. The highest BCUT2D eigenvalue weighted by Crippen LogP contribution is 2.43. The Balaban J connectivity index is 1.48. The summed E-state index contributed by atoms with van der Waals surface area (Å²) < 4.78 is 5.52. The molecule has 0 aromatic carbocycles. The van der Waals surface area contributed by atoms with E-state index in [0.717, 1.165) is 31.2 Å². The molecule has 1 unspecified atom stereocenters. The number of ether oxygens (including phenoxy) is 1. The smallest absolute Gasteiger partial charge is 0.251 e. The van der Waals surface area contributed by atoms with Crippen molar-refractivity contribution in [2.45, 2.75) is 49.7 Å². The van der Waals surface area contributed by atoms with Crippen molar-refractivity contribution < 1.29 is 14.3 Å². The number of pyridine rings is 1. The van der Waals surface area contributed by atoms with Crippen LogP contribution >= 0.6 is 0 Å². The first-order chi connectivity index (χ1) is 11.7. The minimum Gasteiger partial charge on any atom is -0.368 e. The van der Waals surface area contributed by atoms with Gasteiger partial charge in [0.2, 0.25) is 5.91 Å².